The van der Waals surface area contributed by atoms with Gasteiger partial charge in [-0.3, -0.25) is 15.0 Å². The van der Waals surface area contributed by atoms with Crippen molar-refractivity contribution in [1.29, 1.82) is 0 Å². The zero-order chi connectivity index (χ0) is 15.5. The maximum Gasteiger partial charge on any atom is 0.292 e. The lowest BCUT2D eigenvalue weighted by Gasteiger charge is -1.99. The highest BCUT2D eigenvalue weighted by Gasteiger charge is 2.11. The van der Waals surface area contributed by atoms with E-state index in [2.05, 4.69) is 20.4 Å². The fraction of sp³-hybridized carbons (Fsp3) is 0.0625. The van der Waals surface area contributed by atoms with Gasteiger partial charge in [0.1, 0.15) is 5.75 Å². The van der Waals surface area contributed by atoms with E-state index in [1.54, 1.807) is 24.3 Å². The van der Waals surface area contributed by atoms with Crippen molar-refractivity contribution in [3.8, 4) is 17.0 Å². The number of nitrogens with one attached hydrogen (secondary N) is 2. The third kappa shape index (κ3) is 2.80. The molecule has 2 aromatic carbocycles. The minimum Gasteiger partial charge on any atom is -0.508 e. The number of phenols is 1. The van der Waals surface area contributed by atoms with Crippen LogP contribution in [0.15, 0.2) is 63.6 Å². The van der Waals surface area contributed by atoms with Crippen molar-refractivity contribution >= 4 is 11.4 Å². The van der Waals surface area contributed by atoms with Gasteiger partial charge in [0.15, 0.2) is 5.69 Å². The number of H-pyrrole nitrogens is 2. The summed E-state index contributed by atoms with van der Waals surface area (Å²) in [4.78, 5) is 11.9. The molecule has 6 heteroatoms. The molecular weight excluding hydrogens is 280 g/mol. The Labute approximate surface area is 126 Å². The van der Waals surface area contributed by atoms with E-state index in [-0.39, 0.29) is 17.0 Å². The molecule has 3 N–H and O–H groups in total. The maximum absolute atomic E-state index is 11.9. The number of rotatable bonds is 3. The highest BCUT2D eigenvalue weighted by Crippen LogP contribution is 2.27. The highest BCUT2D eigenvalue weighted by molar-refractivity contribution is 5.71. The van der Waals surface area contributed by atoms with Gasteiger partial charge in [-0.05, 0) is 43.3 Å². The predicted molar refractivity (Wildman–Crippen MR) is 83.9 cm³/mol. The summed E-state index contributed by atoms with van der Waals surface area (Å²) >= 11 is 0. The quantitative estimate of drug-likeness (QED) is 0.641. The van der Waals surface area contributed by atoms with E-state index in [9.17, 15) is 9.90 Å². The SMILES string of the molecule is Cc1ccc(N=Nc2c(-c3ccc(O)cc3)[nH][nH]c2=O)cc1. The van der Waals surface area contributed by atoms with E-state index in [1.165, 1.54) is 0 Å². The Bertz CT molecular complexity index is 858. The van der Waals surface area contributed by atoms with Gasteiger partial charge in [-0.1, -0.05) is 17.7 Å². The monoisotopic (exact) mass is 294 g/mol. The smallest absolute Gasteiger partial charge is 0.292 e. The predicted octanol–water partition coefficient (Wildman–Crippen LogP) is 3.80. The van der Waals surface area contributed by atoms with Gasteiger partial charge in [0.25, 0.3) is 5.56 Å². The number of hydrogen-bond acceptors (Lipinski definition) is 4. The lowest BCUT2D eigenvalue weighted by molar-refractivity contribution is 0.475. The summed E-state index contributed by atoms with van der Waals surface area (Å²) in [5.41, 5.74) is 2.91. The lowest BCUT2D eigenvalue weighted by atomic mass is 10.1. The average molecular weight is 294 g/mol. The minimum atomic E-state index is -0.348. The van der Waals surface area contributed by atoms with Gasteiger partial charge in [0.2, 0.25) is 0 Å². The van der Waals surface area contributed by atoms with Crippen LogP contribution in [0.2, 0.25) is 0 Å². The Morgan fingerprint density at radius 2 is 1.59 bits per heavy atom. The van der Waals surface area contributed by atoms with Crippen LogP contribution in [0.1, 0.15) is 5.56 Å². The Morgan fingerprint density at radius 1 is 0.909 bits per heavy atom. The maximum atomic E-state index is 11.9. The summed E-state index contributed by atoms with van der Waals surface area (Å²) in [7, 11) is 0. The van der Waals surface area contributed by atoms with Gasteiger partial charge in [0.05, 0.1) is 11.4 Å². The van der Waals surface area contributed by atoms with Gasteiger partial charge in [-0.15, -0.1) is 5.11 Å². The third-order valence-corrected chi connectivity index (χ3v) is 3.21. The first-order valence-corrected chi connectivity index (χ1v) is 6.72. The molecule has 6 nitrogen and oxygen atoms in total. The van der Waals surface area contributed by atoms with Crippen LogP contribution >= 0.6 is 0 Å². The largest absolute Gasteiger partial charge is 0.508 e. The van der Waals surface area contributed by atoms with Crippen molar-refractivity contribution in [3.05, 3.63) is 64.4 Å². The second kappa shape index (κ2) is 5.69. The number of aromatic nitrogens is 2. The molecule has 0 bridgehead atoms. The van der Waals surface area contributed by atoms with Gasteiger partial charge < -0.3 is 5.11 Å². The van der Waals surface area contributed by atoms with Crippen molar-refractivity contribution < 1.29 is 5.11 Å². The molecule has 3 aromatic rings. The van der Waals surface area contributed by atoms with Gasteiger partial charge in [0, 0.05) is 5.56 Å². The fourth-order valence-corrected chi connectivity index (χ4v) is 2.00. The molecule has 1 aromatic heterocycles. The van der Waals surface area contributed by atoms with E-state index >= 15 is 0 Å². The molecule has 0 aliphatic rings. The van der Waals surface area contributed by atoms with Gasteiger partial charge in [-0.25, -0.2) is 0 Å². The number of hydrogen-bond donors (Lipinski definition) is 3. The molecule has 0 unspecified atom stereocenters. The van der Waals surface area contributed by atoms with Crippen molar-refractivity contribution in [2.24, 2.45) is 10.2 Å². The first-order valence-electron chi connectivity index (χ1n) is 6.72. The fourth-order valence-electron chi connectivity index (χ4n) is 2.00. The van der Waals surface area contributed by atoms with Crippen molar-refractivity contribution in [2.75, 3.05) is 0 Å². The summed E-state index contributed by atoms with van der Waals surface area (Å²) in [5, 5.41) is 22.8. The van der Waals surface area contributed by atoms with Gasteiger partial charge >= 0.3 is 0 Å². The van der Waals surface area contributed by atoms with Crippen LogP contribution in [0.3, 0.4) is 0 Å². The summed E-state index contributed by atoms with van der Waals surface area (Å²) in [6.45, 7) is 1.99. The lowest BCUT2D eigenvalue weighted by Crippen LogP contribution is -1.96. The topological polar surface area (TPSA) is 93.6 Å². The van der Waals surface area contributed by atoms with Crippen molar-refractivity contribution in [2.45, 2.75) is 6.92 Å². The van der Waals surface area contributed by atoms with Crippen LogP contribution in [0.5, 0.6) is 5.75 Å². The number of aromatic hydroxyl groups is 1. The average Bonchev–Trinajstić information content (AvgIpc) is 2.89. The van der Waals surface area contributed by atoms with Crippen LogP contribution in [-0.2, 0) is 0 Å². The van der Waals surface area contributed by atoms with Gasteiger partial charge in [-0.2, -0.15) is 5.11 Å². The molecule has 0 atom stereocenters. The Balaban J connectivity index is 1.97. The van der Waals surface area contributed by atoms with Crippen LogP contribution in [0, 0.1) is 6.92 Å². The molecule has 0 saturated carbocycles. The summed E-state index contributed by atoms with van der Waals surface area (Å²) < 4.78 is 0. The normalized spacial score (nSPS) is 11.1. The van der Waals surface area contributed by atoms with Crippen LogP contribution in [0.4, 0.5) is 11.4 Å². The zero-order valence-corrected chi connectivity index (χ0v) is 11.9. The van der Waals surface area contributed by atoms with E-state index in [4.69, 9.17) is 0 Å². The molecule has 1 heterocycles. The number of aromatic amines is 2. The number of benzene rings is 2. The second-order valence-electron chi connectivity index (χ2n) is 4.89. The highest BCUT2D eigenvalue weighted by atomic mass is 16.3. The summed E-state index contributed by atoms with van der Waals surface area (Å²) in [6.07, 6.45) is 0. The molecule has 0 saturated heterocycles. The molecule has 110 valence electrons. The molecule has 0 aliphatic carbocycles. The zero-order valence-electron chi connectivity index (χ0n) is 11.9. The summed E-state index contributed by atoms with van der Waals surface area (Å²) in [6, 6.07) is 14.0. The van der Waals surface area contributed by atoms with Crippen LogP contribution < -0.4 is 5.56 Å². The first kappa shape index (κ1) is 13.8. The molecular formula is C16H14N4O2. The summed E-state index contributed by atoms with van der Waals surface area (Å²) in [5.74, 6) is 0.157. The number of nitrogens with zero attached hydrogens (tertiary/aromatic N) is 2. The molecule has 0 spiro atoms. The number of aryl methyl sites for hydroxylation is 1. The third-order valence-electron chi connectivity index (χ3n) is 3.21. The number of azo groups is 1. The molecule has 22 heavy (non-hydrogen) atoms. The Kier molecular flexibility index (Phi) is 3.57. The van der Waals surface area contributed by atoms with E-state index in [1.807, 2.05) is 31.2 Å². The molecule has 3 rings (SSSR count). The van der Waals surface area contributed by atoms with Crippen LogP contribution in [0.25, 0.3) is 11.3 Å². The van der Waals surface area contributed by atoms with Crippen molar-refractivity contribution in [3.63, 3.8) is 0 Å². The van der Waals surface area contributed by atoms with E-state index < -0.39 is 0 Å². The van der Waals surface area contributed by atoms with Crippen molar-refractivity contribution in [1.82, 2.24) is 10.2 Å². The number of phenolic OH excluding ortho intramolecular Hbond substituents is 1. The molecule has 0 radical (unpaired) electrons. The first-order chi connectivity index (χ1) is 10.6. The van der Waals surface area contributed by atoms with E-state index in [0.717, 1.165) is 11.1 Å². The Morgan fingerprint density at radius 3 is 2.27 bits per heavy atom. The Hall–Kier alpha value is -3.15. The molecule has 0 amide bonds. The second-order valence-corrected chi connectivity index (χ2v) is 4.89. The minimum absolute atomic E-state index is 0.157. The molecule has 0 fully saturated rings. The molecule has 0 aliphatic heterocycles. The van der Waals surface area contributed by atoms with E-state index in [0.29, 0.717) is 11.4 Å². The van der Waals surface area contributed by atoms with Crippen LogP contribution in [-0.4, -0.2) is 15.3 Å². The standard InChI is InChI=1S/C16H14N4O2/c1-10-2-6-12(7-3-10)17-19-15-14(18-20-16(15)22)11-4-8-13(21)9-5-11/h2-9,21H,1H3,(H2,18,20,22).